The van der Waals surface area contributed by atoms with Gasteiger partial charge in [0.2, 0.25) is 10.0 Å². The zero-order chi connectivity index (χ0) is 14.9. The molecule has 20 heavy (non-hydrogen) atoms. The highest BCUT2D eigenvalue weighted by Gasteiger charge is 2.31. The molecule has 3 unspecified atom stereocenters. The zero-order valence-electron chi connectivity index (χ0n) is 11.6. The molecule has 0 aromatic heterocycles. The van der Waals surface area contributed by atoms with Gasteiger partial charge in [-0.25, -0.2) is 21.9 Å². The Bertz CT molecular complexity index is 569. The van der Waals surface area contributed by atoms with Crippen molar-refractivity contribution < 1.29 is 17.2 Å². The van der Waals surface area contributed by atoms with Crippen molar-refractivity contribution in [1.29, 1.82) is 0 Å². The van der Waals surface area contributed by atoms with E-state index in [1.54, 1.807) is 0 Å². The summed E-state index contributed by atoms with van der Waals surface area (Å²) in [7, 11) is -3.89. The van der Waals surface area contributed by atoms with E-state index in [9.17, 15) is 17.2 Å². The molecule has 1 aliphatic rings. The summed E-state index contributed by atoms with van der Waals surface area (Å²) in [6, 6.07) is 2.14. The van der Waals surface area contributed by atoms with Crippen LogP contribution in [0, 0.1) is 23.5 Å². The predicted octanol–water partition coefficient (Wildman–Crippen LogP) is 3.07. The first kappa shape index (κ1) is 15.4. The van der Waals surface area contributed by atoms with E-state index in [1.807, 2.05) is 6.92 Å². The van der Waals surface area contributed by atoms with Gasteiger partial charge >= 0.3 is 0 Å². The van der Waals surface area contributed by atoms with E-state index in [1.165, 1.54) is 0 Å². The van der Waals surface area contributed by atoms with E-state index in [0.717, 1.165) is 31.4 Å². The molecule has 1 aromatic rings. The van der Waals surface area contributed by atoms with E-state index >= 15 is 0 Å². The summed E-state index contributed by atoms with van der Waals surface area (Å²) in [4.78, 5) is -0.361. The predicted molar refractivity (Wildman–Crippen MR) is 72.6 cm³/mol. The standard InChI is InChI=1S/C14H19F2NO2S/c1-9-4-3-5-14(10(9)2)17-20(18,19)13-7-11(15)6-12(16)8-13/h6-10,14,17H,3-5H2,1-2H3. The highest BCUT2D eigenvalue weighted by atomic mass is 32.2. The zero-order valence-corrected chi connectivity index (χ0v) is 12.4. The highest BCUT2D eigenvalue weighted by Crippen LogP contribution is 2.30. The molecule has 0 heterocycles. The molecule has 0 bridgehead atoms. The minimum Gasteiger partial charge on any atom is -0.208 e. The largest absolute Gasteiger partial charge is 0.241 e. The van der Waals surface area contributed by atoms with Gasteiger partial charge in [0.25, 0.3) is 0 Å². The summed E-state index contributed by atoms with van der Waals surface area (Å²) in [5, 5.41) is 0. The fourth-order valence-corrected chi connectivity index (χ4v) is 4.10. The van der Waals surface area contributed by atoms with Gasteiger partial charge in [-0.3, -0.25) is 0 Å². The maximum atomic E-state index is 13.1. The second-order valence-electron chi connectivity index (χ2n) is 5.60. The molecule has 0 amide bonds. The quantitative estimate of drug-likeness (QED) is 0.933. The average molecular weight is 303 g/mol. The fourth-order valence-electron chi connectivity index (χ4n) is 2.70. The van der Waals surface area contributed by atoms with Gasteiger partial charge in [0.15, 0.2) is 0 Å². The molecule has 0 saturated heterocycles. The van der Waals surface area contributed by atoms with Crippen molar-refractivity contribution in [3.8, 4) is 0 Å². The third-order valence-electron chi connectivity index (χ3n) is 4.16. The maximum absolute atomic E-state index is 13.1. The first-order valence-corrected chi connectivity index (χ1v) is 8.26. The highest BCUT2D eigenvalue weighted by molar-refractivity contribution is 7.89. The van der Waals surface area contributed by atoms with E-state index in [-0.39, 0.29) is 16.9 Å². The smallest absolute Gasteiger partial charge is 0.208 e. The van der Waals surface area contributed by atoms with Crippen LogP contribution in [0.1, 0.15) is 33.1 Å². The lowest BCUT2D eigenvalue weighted by atomic mass is 9.78. The molecule has 112 valence electrons. The second-order valence-corrected chi connectivity index (χ2v) is 7.31. The first-order valence-electron chi connectivity index (χ1n) is 6.78. The molecule has 0 radical (unpaired) electrons. The second kappa shape index (κ2) is 5.77. The molecule has 1 aliphatic carbocycles. The van der Waals surface area contributed by atoms with E-state index < -0.39 is 21.7 Å². The van der Waals surface area contributed by atoms with Crippen LogP contribution in [0.25, 0.3) is 0 Å². The van der Waals surface area contributed by atoms with Crippen LogP contribution in [0.3, 0.4) is 0 Å². The number of halogens is 2. The first-order chi connectivity index (χ1) is 9.29. The van der Waals surface area contributed by atoms with Crippen LogP contribution in [0.15, 0.2) is 23.1 Å². The number of nitrogens with one attached hydrogen (secondary N) is 1. The summed E-state index contributed by atoms with van der Waals surface area (Å²) >= 11 is 0. The van der Waals surface area contributed by atoms with Gasteiger partial charge in [-0.15, -0.1) is 0 Å². The van der Waals surface area contributed by atoms with Crippen LogP contribution in [0.4, 0.5) is 8.78 Å². The number of rotatable bonds is 3. The molecule has 0 spiro atoms. The van der Waals surface area contributed by atoms with Crippen LogP contribution in [0.2, 0.25) is 0 Å². The van der Waals surface area contributed by atoms with Crippen molar-refractivity contribution in [2.24, 2.45) is 11.8 Å². The molecular formula is C14H19F2NO2S. The van der Waals surface area contributed by atoms with Gasteiger partial charge in [-0.05, 0) is 30.4 Å². The Morgan fingerprint density at radius 3 is 2.30 bits per heavy atom. The van der Waals surface area contributed by atoms with E-state index in [2.05, 4.69) is 11.6 Å². The topological polar surface area (TPSA) is 46.2 Å². The van der Waals surface area contributed by atoms with E-state index in [4.69, 9.17) is 0 Å². The Kier molecular flexibility index (Phi) is 4.44. The Balaban J connectivity index is 2.22. The van der Waals surface area contributed by atoms with Crippen molar-refractivity contribution in [1.82, 2.24) is 4.72 Å². The Labute approximate surface area is 118 Å². The molecule has 0 aliphatic heterocycles. The van der Waals surface area contributed by atoms with Gasteiger partial charge in [-0.2, -0.15) is 0 Å². The molecule has 1 saturated carbocycles. The molecular weight excluding hydrogens is 284 g/mol. The van der Waals surface area contributed by atoms with Crippen LogP contribution < -0.4 is 4.72 Å². The minimum absolute atomic E-state index is 0.185. The molecule has 3 nitrogen and oxygen atoms in total. The van der Waals surface area contributed by atoms with Crippen molar-refractivity contribution in [3.05, 3.63) is 29.8 Å². The van der Waals surface area contributed by atoms with Crippen molar-refractivity contribution in [2.45, 2.75) is 44.0 Å². The van der Waals surface area contributed by atoms with Gasteiger partial charge in [0.1, 0.15) is 11.6 Å². The van der Waals surface area contributed by atoms with Gasteiger partial charge in [0, 0.05) is 12.1 Å². The molecule has 1 aromatic carbocycles. The van der Waals surface area contributed by atoms with Crippen LogP contribution in [-0.2, 0) is 10.0 Å². The maximum Gasteiger partial charge on any atom is 0.241 e. The van der Waals surface area contributed by atoms with Crippen LogP contribution in [0.5, 0.6) is 0 Å². The number of hydrogen-bond donors (Lipinski definition) is 1. The van der Waals surface area contributed by atoms with Crippen LogP contribution >= 0.6 is 0 Å². The lowest BCUT2D eigenvalue weighted by Gasteiger charge is -2.34. The summed E-state index contributed by atoms with van der Waals surface area (Å²) in [5.74, 6) is -1.15. The molecule has 1 fully saturated rings. The van der Waals surface area contributed by atoms with E-state index in [0.29, 0.717) is 12.0 Å². The number of sulfonamides is 1. The van der Waals surface area contributed by atoms with Gasteiger partial charge in [-0.1, -0.05) is 26.7 Å². The average Bonchev–Trinajstić information content (AvgIpc) is 2.33. The van der Waals surface area contributed by atoms with Gasteiger partial charge in [0.05, 0.1) is 4.90 Å². The summed E-state index contributed by atoms with van der Waals surface area (Å²) < 4.78 is 53.3. The summed E-state index contributed by atoms with van der Waals surface area (Å²) in [5.41, 5.74) is 0. The molecule has 6 heteroatoms. The molecule has 3 atom stereocenters. The normalized spacial score (nSPS) is 27.5. The van der Waals surface area contributed by atoms with Gasteiger partial charge < -0.3 is 0 Å². The summed E-state index contributed by atoms with van der Waals surface area (Å²) in [6.07, 6.45) is 2.78. The Morgan fingerprint density at radius 1 is 1.10 bits per heavy atom. The SMILES string of the molecule is CC1CCCC(NS(=O)(=O)c2cc(F)cc(F)c2)C1C. The Hall–Kier alpha value is -1.01. The summed E-state index contributed by atoms with van der Waals surface area (Å²) in [6.45, 7) is 4.09. The third-order valence-corrected chi connectivity index (χ3v) is 5.63. The minimum atomic E-state index is -3.89. The molecule has 1 N–H and O–H groups in total. The van der Waals surface area contributed by atoms with Crippen molar-refractivity contribution >= 4 is 10.0 Å². The van der Waals surface area contributed by atoms with Crippen LogP contribution in [-0.4, -0.2) is 14.5 Å². The molecule has 2 rings (SSSR count). The fraction of sp³-hybridized carbons (Fsp3) is 0.571. The number of hydrogen-bond acceptors (Lipinski definition) is 2. The Morgan fingerprint density at radius 2 is 1.70 bits per heavy atom. The van der Waals surface area contributed by atoms with Crippen molar-refractivity contribution in [3.63, 3.8) is 0 Å². The lowest BCUT2D eigenvalue weighted by molar-refractivity contribution is 0.227. The monoisotopic (exact) mass is 303 g/mol. The third kappa shape index (κ3) is 3.35. The lowest BCUT2D eigenvalue weighted by Crippen LogP contribution is -2.43. The number of benzene rings is 1. The van der Waals surface area contributed by atoms with Crippen molar-refractivity contribution in [2.75, 3.05) is 0 Å².